The molecule has 0 saturated heterocycles. The molecule has 94 valence electrons. The number of hydroxylamine groups is 1. The van der Waals surface area contributed by atoms with E-state index in [1.165, 1.54) is 17.4 Å². The molecule has 17 heavy (non-hydrogen) atoms. The maximum Gasteiger partial charge on any atom is 0.338 e. The van der Waals surface area contributed by atoms with Crippen molar-refractivity contribution < 1.29 is 19.5 Å². The van der Waals surface area contributed by atoms with E-state index in [0.717, 1.165) is 22.8 Å². The number of carboxylic acids is 1. The number of hydrogen-bond acceptors (Lipinski definition) is 4. The monoisotopic (exact) mass is 257 g/mol. The Morgan fingerprint density at radius 1 is 1.65 bits per heavy atom. The molecule has 5 nitrogen and oxygen atoms in total. The molecule has 6 heteroatoms. The number of carbonyl (C=O) groups excluding carboxylic acids is 1. The van der Waals surface area contributed by atoms with E-state index in [1.807, 2.05) is 6.92 Å². The Balaban J connectivity index is 2.87. The van der Waals surface area contributed by atoms with E-state index < -0.39 is 5.97 Å². The molecule has 0 aliphatic heterocycles. The Bertz CT molecular complexity index is 402. The van der Waals surface area contributed by atoms with Gasteiger partial charge in [0.15, 0.2) is 0 Å². The van der Waals surface area contributed by atoms with Crippen molar-refractivity contribution in [2.24, 2.45) is 0 Å². The standard InChI is InChI=1S/C11H15NO4S/c1-3-4-5-16-12(7-13)10-9(11(14)15)6-8(2)17-10/h6-7H,3-5H2,1-2H3,(H,14,15). The highest BCUT2D eigenvalue weighted by Crippen LogP contribution is 2.30. The summed E-state index contributed by atoms with van der Waals surface area (Å²) in [5.74, 6) is -1.06. The van der Waals surface area contributed by atoms with Crippen LogP contribution in [0, 0.1) is 6.92 Å². The lowest BCUT2D eigenvalue weighted by Crippen LogP contribution is -2.22. The van der Waals surface area contributed by atoms with Crippen LogP contribution in [0.25, 0.3) is 0 Å². The molecule has 0 atom stereocenters. The normalized spacial score (nSPS) is 10.2. The smallest absolute Gasteiger partial charge is 0.338 e. The van der Waals surface area contributed by atoms with Crippen LogP contribution in [0.3, 0.4) is 0 Å². The summed E-state index contributed by atoms with van der Waals surface area (Å²) in [6.45, 7) is 4.19. The van der Waals surface area contributed by atoms with Gasteiger partial charge in [0, 0.05) is 4.88 Å². The molecular formula is C11H15NO4S. The van der Waals surface area contributed by atoms with Crippen LogP contribution >= 0.6 is 11.3 Å². The molecule has 0 unspecified atom stereocenters. The van der Waals surface area contributed by atoms with Crippen molar-refractivity contribution in [1.82, 2.24) is 0 Å². The van der Waals surface area contributed by atoms with Gasteiger partial charge in [-0.3, -0.25) is 9.63 Å². The average molecular weight is 257 g/mol. The molecule has 0 radical (unpaired) electrons. The van der Waals surface area contributed by atoms with Crippen LogP contribution in [-0.4, -0.2) is 24.1 Å². The zero-order valence-corrected chi connectivity index (χ0v) is 10.6. The van der Waals surface area contributed by atoms with Gasteiger partial charge < -0.3 is 5.11 Å². The predicted molar refractivity (Wildman–Crippen MR) is 65.4 cm³/mol. The van der Waals surface area contributed by atoms with Crippen molar-refractivity contribution in [2.45, 2.75) is 26.7 Å². The molecule has 1 rings (SSSR count). The lowest BCUT2D eigenvalue weighted by molar-refractivity contribution is -0.113. The Hall–Kier alpha value is -1.40. The van der Waals surface area contributed by atoms with Crippen LogP contribution in [-0.2, 0) is 9.63 Å². The number of nitrogens with zero attached hydrogens (tertiary/aromatic N) is 1. The Kier molecular flexibility index (Phi) is 5.11. The lowest BCUT2D eigenvalue weighted by atomic mass is 10.3. The maximum absolute atomic E-state index is 11.0. The third kappa shape index (κ3) is 3.54. The summed E-state index contributed by atoms with van der Waals surface area (Å²) in [4.78, 5) is 27.9. The molecule has 0 aromatic carbocycles. The molecule has 1 N–H and O–H groups in total. The second-order valence-electron chi connectivity index (χ2n) is 3.50. The highest BCUT2D eigenvalue weighted by atomic mass is 32.1. The van der Waals surface area contributed by atoms with Gasteiger partial charge in [-0.25, -0.2) is 4.79 Å². The summed E-state index contributed by atoms with van der Waals surface area (Å²) in [6, 6.07) is 1.53. The molecule has 0 fully saturated rings. The fraction of sp³-hybridized carbons (Fsp3) is 0.455. The largest absolute Gasteiger partial charge is 0.478 e. The van der Waals surface area contributed by atoms with Crippen molar-refractivity contribution in [3.63, 3.8) is 0 Å². The number of hydrogen-bond donors (Lipinski definition) is 1. The topological polar surface area (TPSA) is 66.8 Å². The summed E-state index contributed by atoms with van der Waals surface area (Å²) < 4.78 is 0. The molecule has 0 spiro atoms. The van der Waals surface area contributed by atoms with E-state index in [2.05, 4.69) is 0 Å². The van der Waals surface area contributed by atoms with Crippen LogP contribution in [0.5, 0.6) is 0 Å². The number of aryl methyl sites for hydroxylation is 1. The van der Waals surface area contributed by atoms with Crippen LogP contribution in [0.15, 0.2) is 6.07 Å². The molecule has 0 aliphatic carbocycles. The molecule has 0 saturated carbocycles. The van der Waals surface area contributed by atoms with Crippen LogP contribution in [0.2, 0.25) is 0 Å². The number of thiophene rings is 1. The Morgan fingerprint density at radius 3 is 2.88 bits per heavy atom. The third-order valence-electron chi connectivity index (χ3n) is 2.09. The number of unbranched alkanes of at least 4 members (excludes halogenated alkanes) is 1. The molecule has 1 aromatic rings. The minimum Gasteiger partial charge on any atom is -0.478 e. The number of anilines is 1. The molecule has 1 aromatic heterocycles. The van der Waals surface area contributed by atoms with Crippen LogP contribution in [0.4, 0.5) is 5.00 Å². The number of carboxylic acid groups (broad SMARTS) is 1. The summed E-state index contributed by atoms with van der Waals surface area (Å²) >= 11 is 1.22. The minimum absolute atomic E-state index is 0.0936. The van der Waals surface area contributed by atoms with Gasteiger partial charge in [0.25, 0.3) is 0 Å². The van der Waals surface area contributed by atoms with Gasteiger partial charge in [0.1, 0.15) is 5.00 Å². The zero-order valence-electron chi connectivity index (χ0n) is 9.80. The number of carbonyl (C=O) groups is 2. The van der Waals surface area contributed by atoms with Crippen molar-refractivity contribution in [3.8, 4) is 0 Å². The molecule has 0 bridgehead atoms. The molecule has 1 heterocycles. The fourth-order valence-corrected chi connectivity index (χ4v) is 2.19. The maximum atomic E-state index is 11.0. The first-order valence-electron chi connectivity index (χ1n) is 5.31. The van der Waals surface area contributed by atoms with Gasteiger partial charge in [-0.2, -0.15) is 5.06 Å². The minimum atomic E-state index is -1.06. The van der Waals surface area contributed by atoms with Crippen molar-refractivity contribution in [3.05, 3.63) is 16.5 Å². The Morgan fingerprint density at radius 2 is 2.35 bits per heavy atom. The zero-order chi connectivity index (χ0) is 12.8. The van der Waals surface area contributed by atoms with Crippen molar-refractivity contribution in [2.75, 3.05) is 11.7 Å². The number of aromatic carboxylic acids is 1. The number of rotatable bonds is 7. The van der Waals surface area contributed by atoms with Gasteiger partial charge in [0.05, 0.1) is 12.2 Å². The third-order valence-corrected chi connectivity index (χ3v) is 3.12. The summed E-state index contributed by atoms with van der Waals surface area (Å²) in [5, 5.41) is 10.3. The summed E-state index contributed by atoms with van der Waals surface area (Å²) in [7, 11) is 0. The average Bonchev–Trinajstić information content (AvgIpc) is 2.67. The number of amides is 1. The van der Waals surface area contributed by atoms with E-state index in [-0.39, 0.29) is 5.56 Å². The van der Waals surface area contributed by atoms with Gasteiger partial charge >= 0.3 is 5.97 Å². The summed E-state index contributed by atoms with van der Waals surface area (Å²) in [6.07, 6.45) is 2.26. The second-order valence-corrected chi connectivity index (χ2v) is 4.73. The Labute approximate surface area is 104 Å². The summed E-state index contributed by atoms with van der Waals surface area (Å²) in [5.41, 5.74) is 0.0936. The van der Waals surface area contributed by atoms with Crippen molar-refractivity contribution in [1.29, 1.82) is 0 Å². The van der Waals surface area contributed by atoms with E-state index >= 15 is 0 Å². The van der Waals surface area contributed by atoms with Crippen LogP contribution in [0.1, 0.15) is 35.0 Å². The predicted octanol–water partition coefficient (Wildman–Crippen LogP) is 2.45. The first-order valence-corrected chi connectivity index (χ1v) is 6.13. The molecule has 0 aliphatic rings. The quantitative estimate of drug-likeness (QED) is 0.463. The fourth-order valence-electron chi connectivity index (χ4n) is 1.26. The van der Waals surface area contributed by atoms with E-state index in [9.17, 15) is 9.59 Å². The van der Waals surface area contributed by atoms with Gasteiger partial charge in [-0.1, -0.05) is 13.3 Å². The first kappa shape index (κ1) is 13.7. The van der Waals surface area contributed by atoms with E-state index in [1.54, 1.807) is 6.92 Å². The van der Waals surface area contributed by atoms with Gasteiger partial charge in [-0.15, -0.1) is 11.3 Å². The second kappa shape index (κ2) is 6.36. The van der Waals surface area contributed by atoms with Crippen LogP contribution < -0.4 is 5.06 Å². The first-order chi connectivity index (χ1) is 8.10. The molecule has 1 amide bonds. The lowest BCUT2D eigenvalue weighted by Gasteiger charge is -2.15. The van der Waals surface area contributed by atoms with Gasteiger partial charge in [0.2, 0.25) is 6.41 Å². The highest BCUT2D eigenvalue weighted by molar-refractivity contribution is 7.16. The van der Waals surface area contributed by atoms with Crippen molar-refractivity contribution >= 4 is 28.7 Å². The van der Waals surface area contributed by atoms with E-state index in [4.69, 9.17) is 9.94 Å². The SMILES string of the molecule is CCCCON(C=O)c1sc(C)cc1C(=O)O. The highest BCUT2D eigenvalue weighted by Gasteiger charge is 2.19. The van der Waals surface area contributed by atoms with E-state index in [0.29, 0.717) is 18.0 Å². The van der Waals surface area contributed by atoms with Gasteiger partial charge in [-0.05, 0) is 19.4 Å². The molecular weight excluding hydrogens is 242 g/mol.